The number of hydrogen-bond acceptors (Lipinski definition) is 4. The summed E-state index contributed by atoms with van der Waals surface area (Å²) in [5, 5.41) is 19.0. The summed E-state index contributed by atoms with van der Waals surface area (Å²) in [6.45, 7) is 6.14. The lowest BCUT2D eigenvalue weighted by Crippen LogP contribution is -2.38. The molecule has 0 aliphatic rings. The predicted octanol–water partition coefficient (Wildman–Crippen LogP) is 4.20. The Hall–Kier alpha value is -1.59. The fraction of sp³-hybridized carbons (Fsp3) is 0.429. The van der Waals surface area contributed by atoms with Crippen LogP contribution in [-0.2, 0) is 0 Å². The van der Waals surface area contributed by atoms with Crippen LogP contribution in [0.15, 0.2) is 48.5 Å². The number of halogens is 1. The summed E-state index contributed by atoms with van der Waals surface area (Å²) < 4.78 is 5.94. The normalized spacial score (nSPS) is 14.4. The fourth-order valence-electron chi connectivity index (χ4n) is 2.73. The maximum atomic E-state index is 9.96. The summed E-state index contributed by atoms with van der Waals surface area (Å²) in [5.74, 6) is 2.22. The van der Waals surface area contributed by atoms with Gasteiger partial charge in [-0.25, -0.2) is 0 Å². The molecule has 0 heterocycles. The van der Waals surface area contributed by atoms with E-state index in [1.54, 1.807) is 0 Å². The molecule has 0 fully saturated rings. The quantitative estimate of drug-likeness (QED) is 0.642. The first-order chi connectivity index (χ1) is 11.9. The van der Waals surface area contributed by atoms with Crippen molar-refractivity contribution in [2.45, 2.75) is 51.2 Å². The monoisotopic (exact) mass is 379 g/mol. The van der Waals surface area contributed by atoms with E-state index in [0.29, 0.717) is 12.3 Å². The van der Waals surface area contributed by atoms with Gasteiger partial charge in [0.25, 0.3) is 0 Å². The largest absolute Gasteiger partial charge is 0.457 e. The molecular weight excluding hydrogens is 350 g/mol. The third kappa shape index (κ3) is 6.29. The lowest BCUT2D eigenvalue weighted by molar-refractivity contribution is 0.0965. The molecule has 0 spiro atoms. The number of benzene rings is 2. The number of aliphatic hydroxyl groups is 2. The Morgan fingerprint density at radius 3 is 2.19 bits per heavy atom. The van der Waals surface area contributed by atoms with E-state index in [1.165, 1.54) is 5.56 Å². The first kappa shape index (κ1) is 22.5. The summed E-state index contributed by atoms with van der Waals surface area (Å²) in [6.07, 6.45) is -0.201. The Morgan fingerprint density at radius 1 is 0.962 bits per heavy atom. The second-order valence-electron chi connectivity index (χ2n) is 6.95. The number of hydrogen-bond donors (Lipinski definition) is 3. The highest BCUT2D eigenvalue weighted by molar-refractivity contribution is 5.85. The van der Waals surface area contributed by atoms with Gasteiger partial charge in [-0.1, -0.05) is 45.0 Å². The lowest BCUT2D eigenvalue weighted by Gasteiger charge is -2.21. The molecule has 4 N–H and O–H groups in total. The maximum absolute atomic E-state index is 9.96. The van der Waals surface area contributed by atoms with E-state index in [0.717, 1.165) is 17.1 Å². The average molecular weight is 380 g/mol. The molecule has 3 unspecified atom stereocenters. The van der Waals surface area contributed by atoms with Crippen LogP contribution in [0.1, 0.15) is 50.2 Å². The molecule has 0 aliphatic carbocycles. The zero-order valence-electron chi connectivity index (χ0n) is 15.6. The van der Waals surface area contributed by atoms with Crippen molar-refractivity contribution in [3.63, 3.8) is 0 Å². The molecule has 0 aromatic heterocycles. The van der Waals surface area contributed by atoms with E-state index in [9.17, 15) is 5.11 Å². The number of ether oxygens (including phenoxy) is 1. The van der Waals surface area contributed by atoms with Gasteiger partial charge in [-0.3, -0.25) is 0 Å². The Labute approximate surface area is 162 Å². The zero-order valence-corrected chi connectivity index (χ0v) is 16.4. The average Bonchev–Trinajstić information content (AvgIpc) is 2.61. The Balaban J connectivity index is 0.00000338. The van der Waals surface area contributed by atoms with E-state index >= 15 is 0 Å². The van der Waals surface area contributed by atoms with Gasteiger partial charge in [0.15, 0.2) is 0 Å². The van der Waals surface area contributed by atoms with Crippen LogP contribution < -0.4 is 10.5 Å². The van der Waals surface area contributed by atoms with Gasteiger partial charge in [0, 0.05) is 0 Å². The number of nitrogens with two attached hydrogens (primary N) is 1. The van der Waals surface area contributed by atoms with Crippen molar-refractivity contribution in [2.24, 2.45) is 5.73 Å². The molecule has 0 saturated heterocycles. The van der Waals surface area contributed by atoms with Gasteiger partial charge in [-0.2, -0.15) is 0 Å². The number of rotatable bonds is 8. The highest BCUT2D eigenvalue weighted by atomic mass is 35.5. The minimum atomic E-state index is -0.713. The molecule has 3 atom stereocenters. The Morgan fingerprint density at radius 2 is 1.62 bits per heavy atom. The van der Waals surface area contributed by atoms with Crippen LogP contribution in [0.5, 0.6) is 11.5 Å². The SMILES string of the molecule is CC(C)c1cccc(Oc2ccc(C(C)CC(O)C(N)CO)cc2)c1.Cl. The minimum Gasteiger partial charge on any atom is -0.457 e. The van der Waals surface area contributed by atoms with Gasteiger partial charge in [-0.15, -0.1) is 12.4 Å². The zero-order chi connectivity index (χ0) is 18.4. The molecule has 0 saturated carbocycles. The molecule has 5 heteroatoms. The Kier molecular flexibility index (Phi) is 9.09. The van der Waals surface area contributed by atoms with E-state index in [4.69, 9.17) is 15.6 Å². The third-order valence-corrected chi connectivity index (χ3v) is 4.51. The molecular formula is C21H30ClNO3. The van der Waals surface area contributed by atoms with E-state index in [1.807, 2.05) is 43.3 Å². The molecule has 0 radical (unpaired) electrons. The van der Waals surface area contributed by atoms with Crippen LogP contribution in [-0.4, -0.2) is 29.0 Å². The number of aliphatic hydroxyl groups excluding tert-OH is 2. The van der Waals surface area contributed by atoms with Gasteiger partial charge in [0.1, 0.15) is 11.5 Å². The van der Waals surface area contributed by atoms with Crippen LogP contribution in [0.2, 0.25) is 0 Å². The van der Waals surface area contributed by atoms with Crippen molar-refractivity contribution in [2.75, 3.05) is 6.61 Å². The van der Waals surface area contributed by atoms with E-state index in [2.05, 4.69) is 26.0 Å². The van der Waals surface area contributed by atoms with Gasteiger partial charge in [0.2, 0.25) is 0 Å². The van der Waals surface area contributed by atoms with Crippen LogP contribution in [0.4, 0.5) is 0 Å². The van der Waals surface area contributed by atoms with Gasteiger partial charge in [0.05, 0.1) is 18.8 Å². The first-order valence-electron chi connectivity index (χ1n) is 8.83. The lowest BCUT2D eigenvalue weighted by atomic mass is 9.92. The fourth-order valence-corrected chi connectivity index (χ4v) is 2.73. The molecule has 2 aromatic rings. The van der Waals surface area contributed by atoms with Gasteiger partial charge >= 0.3 is 0 Å². The summed E-state index contributed by atoms with van der Waals surface area (Å²) >= 11 is 0. The minimum absolute atomic E-state index is 0. The van der Waals surface area contributed by atoms with Crippen LogP contribution in [0.3, 0.4) is 0 Å². The molecule has 0 aliphatic heterocycles. The van der Waals surface area contributed by atoms with Gasteiger partial charge in [-0.05, 0) is 53.6 Å². The summed E-state index contributed by atoms with van der Waals surface area (Å²) in [5.41, 5.74) is 8.02. The smallest absolute Gasteiger partial charge is 0.127 e. The predicted molar refractivity (Wildman–Crippen MR) is 108 cm³/mol. The molecule has 144 valence electrons. The van der Waals surface area contributed by atoms with Crippen molar-refractivity contribution < 1.29 is 14.9 Å². The van der Waals surface area contributed by atoms with Crippen LogP contribution >= 0.6 is 12.4 Å². The second kappa shape index (κ2) is 10.5. The van der Waals surface area contributed by atoms with Gasteiger partial charge < -0.3 is 20.7 Å². The third-order valence-electron chi connectivity index (χ3n) is 4.51. The molecule has 0 bridgehead atoms. The van der Waals surface area contributed by atoms with E-state index in [-0.39, 0.29) is 24.9 Å². The second-order valence-corrected chi connectivity index (χ2v) is 6.95. The Bertz CT molecular complexity index is 661. The van der Waals surface area contributed by atoms with E-state index < -0.39 is 12.1 Å². The standard InChI is InChI=1S/C21H29NO3.ClH/c1-14(2)17-5-4-6-19(12-17)25-18-9-7-16(8-10-18)15(3)11-21(24)20(22)13-23;/h4-10,12,14-15,20-21,23-24H,11,13,22H2,1-3H3;1H. The van der Waals surface area contributed by atoms with Crippen molar-refractivity contribution >= 4 is 12.4 Å². The summed E-state index contributed by atoms with van der Waals surface area (Å²) in [4.78, 5) is 0. The first-order valence-corrected chi connectivity index (χ1v) is 8.83. The summed E-state index contributed by atoms with van der Waals surface area (Å²) in [6, 6.07) is 15.4. The highest BCUT2D eigenvalue weighted by Crippen LogP contribution is 2.28. The van der Waals surface area contributed by atoms with Crippen molar-refractivity contribution in [1.82, 2.24) is 0 Å². The van der Waals surface area contributed by atoms with Crippen molar-refractivity contribution in [3.8, 4) is 11.5 Å². The van der Waals surface area contributed by atoms with Crippen LogP contribution in [0, 0.1) is 0 Å². The molecule has 26 heavy (non-hydrogen) atoms. The van der Waals surface area contributed by atoms with Crippen LogP contribution in [0.25, 0.3) is 0 Å². The molecule has 2 rings (SSSR count). The molecule has 0 amide bonds. The topological polar surface area (TPSA) is 75.7 Å². The molecule has 2 aromatic carbocycles. The summed E-state index contributed by atoms with van der Waals surface area (Å²) in [7, 11) is 0. The molecule has 4 nitrogen and oxygen atoms in total. The highest BCUT2D eigenvalue weighted by Gasteiger charge is 2.18. The maximum Gasteiger partial charge on any atom is 0.127 e. The van der Waals surface area contributed by atoms with Crippen molar-refractivity contribution in [3.05, 3.63) is 59.7 Å². The van der Waals surface area contributed by atoms with Crippen molar-refractivity contribution in [1.29, 1.82) is 0 Å².